The quantitative estimate of drug-likeness (QED) is 0.794. The summed E-state index contributed by atoms with van der Waals surface area (Å²) in [5.74, 6) is 0.739. The second kappa shape index (κ2) is 6.34. The summed E-state index contributed by atoms with van der Waals surface area (Å²) in [5.41, 5.74) is 0.664. The number of aromatic amines is 1. The van der Waals surface area contributed by atoms with Crippen molar-refractivity contribution in [2.45, 2.75) is 24.7 Å². The van der Waals surface area contributed by atoms with Gasteiger partial charge in [-0.2, -0.15) is 5.10 Å². The van der Waals surface area contributed by atoms with Crippen LogP contribution in [0.1, 0.15) is 17.8 Å². The van der Waals surface area contributed by atoms with Crippen LogP contribution in [-0.2, 0) is 16.4 Å². The highest BCUT2D eigenvalue weighted by Gasteiger charge is 2.16. The molecule has 2 rings (SSSR count). The Bertz CT molecular complexity index is 671. The van der Waals surface area contributed by atoms with Gasteiger partial charge in [0.1, 0.15) is 12.2 Å². The van der Waals surface area contributed by atoms with Crippen molar-refractivity contribution in [3.05, 3.63) is 40.9 Å². The lowest BCUT2D eigenvalue weighted by Crippen LogP contribution is -2.25. The van der Waals surface area contributed by atoms with E-state index in [0.29, 0.717) is 30.0 Å². The summed E-state index contributed by atoms with van der Waals surface area (Å²) >= 11 is 5.84. The van der Waals surface area contributed by atoms with Gasteiger partial charge in [-0.15, -0.1) is 0 Å². The molecule has 1 heterocycles. The molecule has 0 atom stereocenters. The molecule has 0 aliphatic heterocycles. The van der Waals surface area contributed by atoms with Crippen LogP contribution in [0.2, 0.25) is 5.02 Å². The average molecular weight is 315 g/mol. The molecular formula is C12H15ClN4O2S. The van der Waals surface area contributed by atoms with Crippen molar-refractivity contribution in [2.24, 2.45) is 0 Å². The van der Waals surface area contributed by atoms with Gasteiger partial charge in [0.15, 0.2) is 0 Å². The Balaban J connectivity index is 1.95. The van der Waals surface area contributed by atoms with Crippen LogP contribution in [0.3, 0.4) is 0 Å². The molecule has 0 saturated carbocycles. The SMILES string of the molecule is Cc1ccc(Cl)cc1S(=O)(=O)NCCCc1ncn[nH]1. The number of aryl methyl sites for hydroxylation is 2. The Labute approximate surface area is 122 Å². The van der Waals surface area contributed by atoms with E-state index in [1.165, 1.54) is 12.4 Å². The fourth-order valence-electron chi connectivity index (χ4n) is 1.75. The molecule has 0 saturated heterocycles. The summed E-state index contributed by atoms with van der Waals surface area (Å²) in [7, 11) is -3.54. The number of sulfonamides is 1. The van der Waals surface area contributed by atoms with Gasteiger partial charge >= 0.3 is 0 Å². The van der Waals surface area contributed by atoms with Gasteiger partial charge in [-0.05, 0) is 31.0 Å². The molecule has 0 radical (unpaired) electrons. The van der Waals surface area contributed by atoms with E-state index in [-0.39, 0.29) is 4.90 Å². The highest BCUT2D eigenvalue weighted by Crippen LogP contribution is 2.19. The van der Waals surface area contributed by atoms with E-state index < -0.39 is 10.0 Å². The van der Waals surface area contributed by atoms with E-state index in [1.54, 1.807) is 19.1 Å². The molecule has 0 spiro atoms. The molecule has 2 aromatic rings. The monoisotopic (exact) mass is 314 g/mol. The lowest BCUT2D eigenvalue weighted by Gasteiger charge is -2.09. The maximum atomic E-state index is 12.2. The second-order valence-corrected chi connectivity index (χ2v) is 6.52. The predicted molar refractivity (Wildman–Crippen MR) is 76.1 cm³/mol. The topological polar surface area (TPSA) is 87.7 Å². The fourth-order valence-corrected chi connectivity index (χ4v) is 3.33. The number of hydrogen-bond donors (Lipinski definition) is 2. The van der Waals surface area contributed by atoms with E-state index >= 15 is 0 Å². The molecule has 8 heteroatoms. The van der Waals surface area contributed by atoms with Gasteiger partial charge in [0.25, 0.3) is 0 Å². The van der Waals surface area contributed by atoms with E-state index in [2.05, 4.69) is 19.9 Å². The van der Waals surface area contributed by atoms with Crippen molar-refractivity contribution >= 4 is 21.6 Å². The van der Waals surface area contributed by atoms with Gasteiger partial charge in [0, 0.05) is 18.0 Å². The zero-order chi connectivity index (χ0) is 14.6. The Kier molecular flexibility index (Phi) is 4.74. The van der Waals surface area contributed by atoms with Crippen molar-refractivity contribution in [1.29, 1.82) is 0 Å². The van der Waals surface area contributed by atoms with Crippen molar-refractivity contribution in [3.63, 3.8) is 0 Å². The third-order valence-corrected chi connectivity index (χ3v) is 4.63. The number of halogens is 1. The molecule has 108 valence electrons. The van der Waals surface area contributed by atoms with Crippen LogP contribution in [0.15, 0.2) is 29.4 Å². The van der Waals surface area contributed by atoms with Crippen molar-refractivity contribution in [3.8, 4) is 0 Å². The average Bonchev–Trinajstić information content (AvgIpc) is 2.90. The van der Waals surface area contributed by atoms with Gasteiger partial charge in [-0.1, -0.05) is 17.7 Å². The zero-order valence-corrected chi connectivity index (χ0v) is 12.5. The molecular weight excluding hydrogens is 300 g/mol. The Morgan fingerprint density at radius 2 is 2.20 bits per heavy atom. The van der Waals surface area contributed by atoms with Crippen LogP contribution in [-0.4, -0.2) is 30.1 Å². The van der Waals surface area contributed by atoms with E-state index in [1.807, 2.05) is 0 Å². The molecule has 1 aromatic heterocycles. The maximum absolute atomic E-state index is 12.2. The Hall–Kier alpha value is -1.44. The van der Waals surface area contributed by atoms with Crippen LogP contribution in [0.5, 0.6) is 0 Å². The third-order valence-electron chi connectivity index (χ3n) is 2.79. The molecule has 6 nitrogen and oxygen atoms in total. The summed E-state index contributed by atoms with van der Waals surface area (Å²) in [6.07, 6.45) is 2.69. The zero-order valence-electron chi connectivity index (χ0n) is 10.9. The summed E-state index contributed by atoms with van der Waals surface area (Å²) in [4.78, 5) is 4.19. The number of rotatable bonds is 6. The van der Waals surface area contributed by atoms with Crippen LogP contribution in [0, 0.1) is 6.92 Å². The highest BCUT2D eigenvalue weighted by atomic mass is 35.5. The summed E-state index contributed by atoms with van der Waals surface area (Å²) in [5, 5.41) is 6.86. The van der Waals surface area contributed by atoms with E-state index in [4.69, 9.17) is 11.6 Å². The molecule has 2 N–H and O–H groups in total. The first-order valence-electron chi connectivity index (χ1n) is 6.09. The minimum Gasteiger partial charge on any atom is -0.263 e. The molecule has 0 bridgehead atoms. The number of hydrogen-bond acceptors (Lipinski definition) is 4. The summed E-state index contributed by atoms with van der Waals surface area (Å²) in [6.45, 7) is 2.06. The first-order chi connectivity index (χ1) is 9.49. The number of nitrogens with one attached hydrogen (secondary N) is 2. The second-order valence-electron chi connectivity index (χ2n) is 4.34. The van der Waals surface area contributed by atoms with Crippen LogP contribution < -0.4 is 4.72 Å². The number of nitrogens with zero attached hydrogens (tertiary/aromatic N) is 2. The first kappa shape index (κ1) is 15.0. The van der Waals surface area contributed by atoms with Gasteiger partial charge in [0.2, 0.25) is 10.0 Å². The van der Waals surface area contributed by atoms with Gasteiger partial charge in [-0.3, -0.25) is 5.10 Å². The third kappa shape index (κ3) is 3.78. The van der Waals surface area contributed by atoms with E-state index in [9.17, 15) is 8.42 Å². The van der Waals surface area contributed by atoms with E-state index in [0.717, 1.165) is 5.82 Å². The Morgan fingerprint density at radius 3 is 2.90 bits per heavy atom. The number of benzene rings is 1. The van der Waals surface area contributed by atoms with Gasteiger partial charge in [0.05, 0.1) is 4.90 Å². The molecule has 20 heavy (non-hydrogen) atoms. The molecule has 0 aliphatic rings. The maximum Gasteiger partial charge on any atom is 0.240 e. The molecule has 0 amide bonds. The highest BCUT2D eigenvalue weighted by molar-refractivity contribution is 7.89. The standard InChI is InChI=1S/C12H15ClN4O2S/c1-9-4-5-10(13)7-11(9)20(18,19)16-6-2-3-12-14-8-15-17-12/h4-5,7-8,16H,2-3,6H2,1H3,(H,14,15,17). The minimum absolute atomic E-state index is 0.213. The number of aromatic nitrogens is 3. The van der Waals surface area contributed by atoms with Crippen LogP contribution in [0.4, 0.5) is 0 Å². The lowest BCUT2D eigenvalue weighted by molar-refractivity contribution is 0.577. The fraction of sp³-hybridized carbons (Fsp3) is 0.333. The van der Waals surface area contributed by atoms with Crippen LogP contribution in [0.25, 0.3) is 0 Å². The van der Waals surface area contributed by atoms with Gasteiger partial charge in [-0.25, -0.2) is 18.1 Å². The lowest BCUT2D eigenvalue weighted by atomic mass is 10.2. The molecule has 0 fully saturated rings. The smallest absolute Gasteiger partial charge is 0.240 e. The molecule has 0 aliphatic carbocycles. The van der Waals surface area contributed by atoms with Crippen molar-refractivity contribution < 1.29 is 8.42 Å². The molecule has 0 unspecified atom stereocenters. The Morgan fingerprint density at radius 1 is 1.40 bits per heavy atom. The summed E-state index contributed by atoms with van der Waals surface area (Å²) in [6, 6.07) is 4.81. The number of H-pyrrole nitrogens is 1. The van der Waals surface area contributed by atoms with Crippen molar-refractivity contribution in [2.75, 3.05) is 6.54 Å². The van der Waals surface area contributed by atoms with Gasteiger partial charge < -0.3 is 0 Å². The minimum atomic E-state index is -3.54. The normalized spacial score (nSPS) is 11.7. The van der Waals surface area contributed by atoms with Crippen LogP contribution >= 0.6 is 11.6 Å². The largest absolute Gasteiger partial charge is 0.263 e. The van der Waals surface area contributed by atoms with Crippen molar-refractivity contribution in [1.82, 2.24) is 19.9 Å². The first-order valence-corrected chi connectivity index (χ1v) is 7.95. The molecule has 1 aromatic carbocycles. The summed E-state index contributed by atoms with van der Waals surface area (Å²) < 4.78 is 26.9. The predicted octanol–water partition coefficient (Wildman–Crippen LogP) is 1.68.